The number of carbonyl (C=O) groups is 1. The Hall–Kier alpha value is -4.12. The standard InChI is InChI=1S/C40H51N5O4S/c1-5-7-22-48-23-24-49-36-15-10-31(11-16-36)32-12-19-38-34(25-32)26-33(9-8-21-44(38)27-30(3)4)40(46)42-35-13-17-37(18-14-35)50(47)28-39-43-41-29-45(39)20-6-2/h10-19,25-26,29-30H,5-9,20-24,27-28H2,1-4H3,(H,42,46). The van der Waals surface area contributed by atoms with E-state index in [9.17, 15) is 9.35 Å². The topological polar surface area (TPSA) is 105 Å². The monoisotopic (exact) mass is 697 g/mol. The van der Waals surface area contributed by atoms with Gasteiger partial charge in [-0.1, -0.05) is 52.3 Å². The summed E-state index contributed by atoms with van der Waals surface area (Å²) in [6, 6.07) is 21.9. The van der Waals surface area contributed by atoms with Crippen LogP contribution in [0.15, 0.2) is 83.5 Å². The van der Waals surface area contributed by atoms with Gasteiger partial charge >= 0.3 is 0 Å². The number of unbranched alkanes of at least 4 members (excludes halogenated alkanes) is 1. The molecule has 0 saturated heterocycles. The predicted molar refractivity (Wildman–Crippen MR) is 203 cm³/mol. The van der Waals surface area contributed by atoms with Crippen LogP contribution in [0, 0.1) is 5.92 Å². The van der Waals surface area contributed by atoms with E-state index in [4.69, 9.17) is 9.47 Å². The van der Waals surface area contributed by atoms with Gasteiger partial charge in [0.05, 0.1) is 6.61 Å². The van der Waals surface area contributed by atoms with Crippen molar-refractivity contribution in [2.75, 3.05) is 43.1 Å². The largest absolute Gasteiger partial charge is 0.611 e. The van der Waals surface area contributed by atoms with E-state index >= 15 is 0 Å². The van der Waals surface area contributed by atoms with Gasteiger partial charge < -0.3 is 28.8 Å². The SMILES string of the molecule is CCCCOCCOc1ccc(-c2ccc3c(c2)C=C(C(=O)Nc2ccc([S+]([O-])Cc4nncn4CCC)cc2)CCCN3CC(C)C)cc1. The Bertz CT molecular complexity index is 1690. The summed E-state index contributed by atoms with van der Waals surface area (Å²) in [5, 5.41) is 11.2. The smallest absolute Gasteiger partial charge is 0.251 e. The third kappa shape index (κ3) is 10.4. The fourth-order valence-corrected chi connectivity index (χ4v) is 7.08. The zero-order valence-electron chi connectivity index (χ0n) is 29.9. The van der Waals surface area contributed by atoms with Crippen LogP contribution in [-0.2, 0) is 33.0 Å². The van der Waals surface area contributed by atoms with Crippen LogP contribution in [0.5, 0.6) is 5.75 Å². The Balaban J connectivity index is 1.30. The van der Waals surface area contributed by atoms with Gasteiger partial charge in [-0.05, 0) is 114 Å². The van der Waals surface area contributed by atoms with Crippen molar-refractivity contribution in [3.8, 4) is 16.9 Å². The van der Waals surface area contributed by atoms with Crippen molar-refractivity contribution in [2.24, 2.45) is 5.92 Å². The molecule has 1 aromatic heterocycles. The van der Waals surface area contributed by atoms with Crippen LogP contribution in [0.3, 0.4) is 0 Å². The summed E-state index contributed by atoms with van der Waals surface area (Å²) in [6.07, 6.45) is 8.41. The summed E-state index contributed by atoms with van der Waals surface area (Å²) < 4.78 is 26.5. The molecule has 0 aliphatic carbocycles. The van der Waals surface area contributed by atoms with E-state index in [-0.39, 0.29) is 5.91 Å². The van der Waals surface area contributed by atoms with E-state index in [0.717, 1.165) is 85.6 Å². The molecule has 0 radical (unpaired) electrons. The number of rotatable bonds is 17. The van der Waals surface area contributed by atoms with Crippen LogP contribution >= 0.6 is 0 Å². The van der Waals surface area contributed by atoms with E-state index < -0.39 is 11.2 Å². The highest BCUT2D eigenvalue weighted by Crippen LogP contribution is 2.33. The second kappa shape index (κ2) is 18.8. The molecule has 50 heavy (non-hydrogen) atoms. The maximum atomic E-state index is 13.7. The summed E-state index contributed by atoms with van der Waals surface area (Å²) in [4.78, 5) is 16.8. The summed E-state index contributed by atoms with van der Waals surface area (Å²) in [5.41, 5.74) is 5.73. The van der Waals surface area contributed by atoms with Gasteiger partial charge in [0, 0.05) is 43.2 Å². The third-order valence-electron chi connectivity index (χ3n) is 8.57. The molecule has 9 nitrogen and oxygen atoms in total. The second-order valence-electron chi connectivity index (χ2n) is 13.1. The molecule has 1 aliphatic rings. The lowest BCUT2D eigenvalue weighted by atomic mass is 9.96. The molecule has 0 fully saturated rings. The van der Waals surface area contributed by atoms with Crippen LogP contribution in [0.2, 0.25) is 0 Å². The minimum absolute atomic E-state index is 0.125. The number of carbonyl (C=O) groups excluding carboxylic acids is 1. The van der Waals surface area contributed by atoms with Gasteiger partial charge in [-0.3, -0.25) is 4.79 Å². The van der Waals surface area contributed by atoms with E-state index in [0.29, 0.717) is 47.7 Å². The highest BCUT2D eigenvalue weighted by Gasteiger charge is 2.21. The molecule has 4 aromatic rings. The Morgan fingerprint density at radius 2 is 1.76 bits per heavy atom. The Labute approximate surface area is 300 Å². The molecule has 1 atom stereocenters. The Morgan fingerprint density at radius 3 is 2.50 bits per heavy atom. The zero-order chi connectivity index (χ0) is 35.3. The van der Waals surface area contributed by atoms with Gasteiger partial charge in [0.15, 0.2) is 16.5 Å². The van der Waals surface area contributed by atoms with Crippen molar-refractivity contribution in [3.63, 3.8) is 0 Å². The van der Waals surface area contributed by atoms with Gasteiger partial charge in [-0.2, -0.15) is 0 Å². The molecular formula is C40H51N5O4S. The average Bonchev–Trinajstić information content (AvgIpc) is 3.54. The lowest BCUT2D eigenvalue weighted by molar-refractivity contribution is -0.112. The average molecular weight is 698 g/mol. The molecule has 1 unspecified atom stereocenters. The summed E-state index contributed by atoms with van der Waals surface area (Å²) in [7, 11) is 0. The summed E-state index contributed by atoms with van der Waals surface area (Å²) in [6.45, 7) is 13.2. The van der Waals surface area contributed by atoms with Crippen molar-refractivity contribution in [3.05, 3.63) is 90.0 Å². The summed E-state index contributed by atoms with van der Waals surface area (Å²) >= 11 is -1.28. The quantitative estimate of drug-likeness (QED) is 0.0878. The lowest BCUT2D eigenvalue weighted by Gasteiger charge is -2.30. The first kappa shape index (κ1) is 37.1. The second-order valence-corrected chi connectivity index (χ2v) is 14.6. The number of benzene rings is 3. The zero-order valence-corrected chi connectivity index (χ0v) is 30.7. The van der Waals surface area contributed by atoms with Crippen molar-refractivity contribution in [1.29, 1.82) is 0 Å². The van der Waals surface area contributed by atoms with Gasteiger partial charge in [-0.25, -0.2) is 0 Å². The molecular weight excluding hydrogens is 647 g/mol. The molecule has 0 saturated carbocycles. The number of hydrogen-bond donors (Lipinski definition) is 1. The van der Waals surface area contributed by atoms with Gasteiger partial charge in [0.1, 0.15) is 18.7 Å². The Kier molecular flexibility index (Phi) is 13.9. The first-order valence-electron chi connectivity index (χ1n) is 17.9. The van der Waals surface area contributed by atoms with Gasteiger partial charge in [-0.15, -0.1) is 10.2 Å². The Morgan fingerprint density at radius 1 is 0.980 bits per heavy atom. The van der Waals surface area contributed by atoms with Crippen LogP contribution in [0.25, 0.3) is 17.2 Å². The van der Waals surface area contributed by atoms with E-state index in [1.165, 1.54) is 0 Å². The molecule has 1 aliphatic heterocycles. The number of nitrogens with one attached hydrogen (secondary N) is 1. The lowest BCUT2D eigenvalue weighted by Crippen LogP contribution is -2.30. The van der Waals surface area contributed by atoms with Crippen LogP contribution in [0.1, 0.15) is 71.2 Å². The number of fused-ring (bicyclic) bond motifs is 1. The normalized spacial score (nSPS) is 13.7. The molecule has 3 aromatic carbocycles. The van der Waals surface area contributed by atoms with Crippen LogP contribution < -0.4 is 15.0 Å². The van der Waals surface area contributed by atoms with Crippen LogP contribution in [-0.4, -0.2) is 58.1 Å². The molecule has 1 N–H and O–H groups in total. The molecule has 0 bridgehead atoms. The predicted octanol–water partition coefficient (Wildman–Crippen LogP) is 8.14. The molecule has 1 amide bonds. The van der Waals surface area contributed by atoms with Crippen molar-refractivity contribution >= 4 is 34.5 Å². The maximum Gasteiger partial charge on any atom is 0.251 e. The molecule has 10 heteroatoms. The first-order chi connectivity index (χ1) is 24.3. The van der Waals surface area contributed by atoms with Crippen LogP contribution in [0.4, 0.5) is 11.4 Å². The first-order valence-corrected chi connectivity index (χ1v) is 19.2. The number of hydrogen-bond acceptors (Lipinski definition) is 7. The minimum atomic E-state index is -1.28. The van der Waals surface area contributed by atoms with E-state index in [1.807, 2.05) is 47.0 Å². The number of ether oxygens (including phenoxy) is 2. The molecule has 0 spiro atoms. The number of aromatic nitrogens is 3. The fraction of sp³-hybridized carbons (Fsp3) is 0.425. The molecule has 2 heterocycles. The summed E-state index contributed by atoms with van der Waals surface area (Å²) in [5.74, 6) is 2.20. The molecule has 5 rings (SSSR count). The third-order valence-corrected chi connectivity index (χ3v) is 9.89. The van der Waals surface area contributed by atoms with E-state index in [1.54, 1.807) is 6.33 Å². The van der Waals surface area contributed by atoms with E-state index in [2.05, 4.69) is 78.4 Å². The molecule has 266 valence electrons. The maximum absolute atomic E-state index is 13.7. The minimum Gasteiger partial charge on any atom is -0.611 e. The highest BCUT2D eigenvalue weighted by atomic mass is 32.2. The van der Waals surface area contributed by atoms with Gasteiger partial charge in [0.25, 0.3) is 5.91 Å². The van der Waals surface area contributed by atoms with Crippen molar-refractivity contribution in [2.45, 2.75) is 77.0 Å². The number of anilines is 2. The van der Waals surface area contributed by atoms with Gasteiger partial charge in [0.2, 0.25) is 0 Å². The van der Waals surface area contributed by atoms with Crippen molar-refractivity contribution < 1.29 is 18.8 Å². The number of amides is 1. The number of nitrogens with zero attached hydrogens (tertiary/aromatic N) is 4. The fourth-order valence-electron chi connectivity index (χ4n) is 6.02. The van der Waals surface area contributed by atoms with Crippen molar-refractivity contribution in [1.82, 2.24) is 14.8 Å². The number of aryl methyl sites for hydroxylation is 1. The highest BCUT2D eigenvalue weighted by molar-refractivity contribution is 7.90.